The Labute approximate surface area is 92.5 Å². The largest absolute Gasteiger partial charge is 0.381 e. The third-order valence-corrected chi connectivity index (χ3v) is 3.55. The van der Waals surface area contributed by atoms with Crippen LogP contribution in [0, 0.1) is 0 Å². The second-order valence-electron chi connectivity index (χ2n) is 4.75. The number of ether oxygens (including phenoxy) is 2. The van der Waals surface area contributed by atoms with Crippen LogP contribution in [0.4, 0.5) is 0 Å². The molecular weight excluding hydrogens is 190 g/mol. The molecule has 2 aliphatic rings. The molecule has 88 valence electrons. The summed E-state index contributed by atoms with van der Waals surface area (Å²) in [4.78, 5) is 0. The van der Waals surface area contributed by atoms with E-state index in [0.717, 1.165) is 19.5 Å². The van der Waals surface area contributed by atoms with Gasteiger partial charge in [-0.2, -0.15) is 0 Å². The van der Waals surface area contributed by atoms with Gasteiger partial charge in [-0.1, -0.05) is 0 Å². The number of hydrogen-bond donors (Lipinski definition) is 1. The lowest BCUT2D eigenvalue weighted by Gasteiger charge is -2.33. The van der Waals surface area contributed by atoms with Crippen molar-refractivity contribution < 1.29 is 9.47 Å². The summed E-state index contributed by atoms with van der Waals surface area (Å²) in [6.45, 7) is 2.19. The summed E-state index contributed by atoms with van der Waals surface area (Å²) < 4.78 is 11.5. The summed E-state index contributed by atoms with van der Waals surface area (Å²) in [6, 6.07) is 0. The van der Waals surface area contributed by atoms with Gasteiger partial charge in [-0.25, -0.2) is 0 Å². The van der Waals surface area contributed by atoms with Gasteiger partial charge in [0.1, 0.15) is 0 Å². The number of hydrogen-bond acceptors (Lipinski definition) is 3. The molecule has 0 radical (unpaired) electrons. The monoisotopic (exact) mass is 213 g/mol. The molecule has 0 aromatic heterocycles. The average molecular weight is 213 g/mol. The van der Waals surface area contributed by atoms with E-state index < -0.39 is 0 Å². The van der Waals surface area contributed by atoms with E-state index in [-0.39, 0.29) is 0 Å². The van der Waals surface area contributed by atoms with E-state index in [4.69, 9.17) is 9.47 Å². The molecule has 3 heteroatoms. The highest BCUT2D eigenvalue weighted by Crippen LogP contribution is 2.25. The maximum absolute atomic E-state index is 6.12. The molecule has 3 nitrogen and oxygen atoms in total. The van der Waals surface area contributed by atoms with Gasteiger partial charge in [-0.3, -0.25) is 0 Å². The van der Waals surface area contributed by atoms with Crippen molar-refractivity contribution in [2.75, 3.05) is 20.2 Å². The van der Waals surface area contributed by atoms with Crippen LogP contribution in [0.2, 0.25) is 0 Å². The minimum Gasteiger partial charge on any atom is -0.381 e. The molecule has 1 N–H and O–H groups in total. The molecule has 0 aromatic rings. The minimum absolute atomic E-state index is 0.431. The zero-order valence-corrected chi connectivity index (χ0v) is 9.71. The van der Waals surface area contributed by atoms with Crippen LogP contribution >= 0.6 is 0 Å². The van der Waals surface area contributed by atoms with Gasteiger partial charge in [0.25, 0.3) is 0 Å². The maximum atomic E-state index is 6.12. The third kappa shape index (κ3) is 3.44. The van der Waals surface area contributed by atoms with E-state index in [1.807, 2.05) is 7.11 Å². The van der Waals surface area contributed by atoms with Gasteiger partial charge >= 0.3 is 0 Å². The highest BCUT2D eigenvalue weighted by Gasteiger charge is 2.25. The van der Waals surface area contributed by atoms with Crippen molar-refractivity contribution in [2.24, 2.45) is 0 Å². The van der Waals surface area contributed by atoms with E-state index >= 15 is 0 Å². The molecule has 1 saturated heterocycles. The molecule has 1 saturated carbocycles. The zero-order valence-electron chi connectivity index (χ0n) is 9.71. The number of nitrogens with one attached hydrogen (secondary N) is 1. The molecule has 0 spiro atoms. The summed E-state index contributed by atoms with van der Waals surface area (Å²) in [5.41, 5.74) is 0. The second kappa shape index (κ2) is 5.83. The van der Waals surface area contributed by atoms with E-state index in [1.54, 1.807) is 0 Å². The lowest BCUT2D eigenvalue weighted by molar-refractivity contribution is -0.0704. The van der Waals surface area contributed by atoms with Crippen LogP contribution < -0.4 is 5.32 Å². The van der Waals surface area contributed by atoms with Crippen molar-refractivity contribution in [3.05, 3.63) is 0 Å². The van der Waals surface area contributed by atoms with Crippen LogP contribution in [0.25, 0.3) is 0 Å². The molecule has 1 aliphatic carbocycles. The Bertz CT molecular complexity index is 180. The Morgan fingerprint density at radius 3 is 2.53 bits per heavy atom. The van der Waals surface area contributed by atoms with Gasteiger partial charge in [0, 0.05) is 13.7 Å². The van der Waals surface area contributed by atoms with Crippen LogP contribution in [0.1, 0.15) is 38.5 Å². The predicted octanol–water partition coefficient (Wildman–Crippen LogP) is 1.71. The topological polar surface area (TPSA) is 30.5 Å². The molecule has 1 heterocycles. The van der Waals surface area contributed by atoms with E-state index in [1.165, 1.54) is 32.1 Å². The standard InChI is InChI=1S/C12H23NO2/c1-14-10-4-2-5-11(8-10)15-12-6-3-7-13-9-12/h10-13H,2-9H2,1H3/t10?,11?,12-/m0/s1. The quantitative estimate of drug-likeness (QED) is 0.774. The molecule has 2 rings (SSSR count). The number of rotatable bonds is 3. The molecule has 1 aliphatic heterocycles. The lowest BCUT2D eigenvalue weighted by Crippen LogP contribution is -2.39. The van der Waals surface area contributed by atoms with Crippen LogP contribution in [-0.4, -0.2) is 38.5 Å². The summed E-state index contributed by atoms with van der Waals surface area (Å²) in [5, 5.41) is 3.39. The molecule has 3 atom stereocenters. The van der Waals surface area contributed by atoms with Crippen molar-refractivity contribution >= 4 is 0 Å². The molecular formula is C12H23NO2. The van der Waals surface area contributed by atoms with Crippen molar-refractivity contribution in [1.82, 2.24) is 5.32 Å². The van der Waals surface area contributed by atoms with Gasteiger partial charge in [0.2, 0.25) is 0 Å². The predicted molar refractivity (Wildman–Crippen MR) is 60.0 cm³/mol. The number of methoxy groups -OCH3 is 1. The van der Waals surface area contributed by atoms with E-state index in [9.17, 15) is 0 Å². The fourth-order valence-corrected chi connectivity index (χ4v) is 2.65. The van der Waals surface area contributed by atoms with Crippen molar-refractivity contribution in [3.63, 3.8) is 0 Å². The van der Waals surface area contributed by atoms with Crippen molar-refractivity contribution in [3.8, 4) is 0 Å². The molecule has 2 fully saturated rings. The Kier molecular flexibility index (Phi) is 4.42. The zero-order chi connectivity index (χ0) is 10.5. The highest BCUT2D eigenvalue weighted by atomic mass is 16.5. The Morgan fingerprint density at radius 2 is 1.80 bits per heavy atom. The fraction of sp³-hybridized carbons (Fsp3) is 1.00. The first-order valence-corrected chi connectivity index (χ1v) is 6.27. The van der Waals surface area contributed by atoms with Gasteiger partial charge in [-0.15, -0.1) is 0 Å². The van der Waals surface area contributed by atoms with Gasteiger partial charge in [-0.05, 0) is 45.1 Å². The van der Waals surface area contributed by atoms with Crippen LogP contribution in [0.3, 0.4) is 0 Å². The van der Waals surface area contributed by atoms with Gasteiger partial charge in [0.05, 0.1) is 18.3 Å². The Hall–Kier alpha value is -0.120. The molecule has 15 heavy (non-hydrogen) atoms. The van der Waals surface area contributed by atoms with Crippen LogP contribution in [0.15, 0.2) is 0 Å². The van der Waals surface area contributed by atoms with Gasteiger partial charge < -0.3 is 14.8 Å². The smallest absolute Gasteiger partial charge is 0.0703 e. The molecule has 0 bridgehead atoms. The maximum Gasteiger partial charge on any atom is 0.0703 e. The number of piperidine rings is 1. The van der Waals surface area contributed by atoms with Gasteiger partial charge in [0.15, 0.2) is 0 Å². The Balaban J connectivity index is 1.72. The molecule has 0 amide bonds. The average Bonchev–Trinajstić information content (AvgIpc) is 2.31. The normalized spacial score (nSPS) is 37.8. The second-order valence-corrected chi connectivity index (χ2v) is 4.75. The summed E-state index contributed by atoms with van der Waals surface area (Å²) in [6.07, 6.45) is 8.56. The third-order valence-electron chi connectivity index (χ3n) is 3.55. The van der Waals surface area contributed by atoms with Crippen molar-refractivity contribution in [2.45, 2.75) is 56.8 Å². The fourth-order valence-electron chi connectivity index (χ4n) is 2.65. The first kappa shape index (κ1) is 11.4. The lowest BCUT2D eigenvalue weighted by atomic mass is 9.94. The minimum atomic E-state index is 0.431. The molecule has 0 aromatic carbocycles. The SMILES string of the molecule is COC1CCCC(O[C@H]2CCCNC2)C1. The van der Waals surface area contributed by atoms with Crippen LogP contribution in [-0.2, 0) is 9.47 Å². The van der Waals surface area contributed by atoms with E-state index in [0.29, 0.717) is 18.3 Å². The summed E-state index contributed by atoms with van der Waals surface area (Å²) >= 11 is 0. The Morgan fingerprint density at radius 1 is 1.00 bits per heavy atom. The first-order chi connectivity index (χ1) is 7.38. The van der Waals surface area contributed by atoms with E-state index in [2.05, 4.69) is 5.32 Å². The first-order valence-electron chi connectivity index (χ1n) is 6.27. The summed E-state index contributed by atoms with van der Waals surface area (Å²) in [5.74, 6) is 0. The highest BCUT2D eigenvalue weighted by molar-refractivity contribution is 4.77. The van der Waals surface area contributed by atoms with Crippen LogP contribution in [0.5, 0.6) is 0 Å². The van der Waals surface area contributed by atoms with Crippen molar-refractivity contribution in [1.29, 1.82) is 0 Å². The summed E-state index contributed by atoms with van der Waals surface area (Å²) in [7, 11) is 1.81. The molecule has 2 unspecified atom stereocenters.